The van der Waals surface area contributed by atoms with Gasteiger partial charge < -0.3 is 15.2 Å². The van der Waals surface area contributed by atoms with E-state index in [9.17, 15) is 4.79 Å². The van der Waals surface area contributed by atoms with Gasteiger partial charge in [-0.1, -0.05) is 24.3 Å². The first-order chi connectivity index (χ1) is 13.3. The van der Waals surface area contributed by atoms with E-state index in [-0.39, 0.29) is 5.56 Å². The van der Waals surface area contributed by atoms with Crippen molar-refractivity contribution in [1.82, 2.24) is 30.0 Å². The molecule has 0 spiro atoms. The third-order valence-corrected chi connectivity index (χ3v) is 4.96. The lowest BCUT2D eigenvalue weighted by molar-refractivity contribution is 0.582. The zero-order chi connectivity index (χ0) is 18.2. The van der Waals surface area contributed by atoms with Gasteiger partial charge in [-0.15, -0.1) is 0 Å². The number of hydrogen-bond donors (Lipinski definition) is 2. The Morgan fingerprint density at radius 1 is 1.11 bits per heavy atom. The second kappa shape index (κ2) is 6.48. The molecule has 8 heteroatoms. The van der Waals surface area contributed by atoms with Crippen molar-refractivity contribution in [3.8, 4) is 0 Å². The van der Waals surface area contributed by atoms with Gasteiger partial charge in [-0.3, -0.25) is 9.78 Å². The first-order valence-electron chi connectivity index (χ1n) is 9.04. The molecule has 0 bridgehead atoms. The molecule has 1 aromatic carbocycles. The lowest BCUT2D eigenvalue weighted by atomic mass is 10.1. The molecule has 4 aromatic rings. The second-order valence-corrected chi connectivity index (χ2v) is 6.64. The van der Waals surface area contributed by atoms with Gasteiger partial charge in [-0.2, -0.15) is 5.10 Å². The molecule has 5 rings (SSSR count). The number of pyridine rings is 1. The molecule has 1 fully saturated rings. The van der Waals surface area contributed by atoms with Gasteiger partial charge in [0.1, 0.15) is 11.0 Å². The monoisotopic (exact) mass is 361 g/mol. The van der Waals surface area contributed by atoms with E-state index in [1.807, 2.05) is 30.3 Å². The van der Waals surface area contributed by atoms with Crippen molar-refractivity contribution in [3.63, 3.8) is 0 Å². The maximum absolute atomic E-state index is 12.9. The summed E-state index contributed by atoms with van der Waals surface area (Å²) in [6.45, 7) is 3.86. The summed E-state index contributed by atoms with van der Waals surface area (Å²) in [5.74, 6) is 0.728. The van der Waals surface area contributed by atoms with Crippen LogP contribution in [-0.4, -0.2) is 50.9 Å². The molecule has 1 saturated heterocycles. The van der Waals surface area contributed by atoms with Crippen molar-refractivity contribution in [2.45, 2.75) is 6.54 Å². The maximum atomic E-state index is 12.9. The van der Waals surface area contributed by atoms with E-state index >= 15 is 0 Å². The number of nitrogens with zero attached hydrogens (tertiary/aromatic N) is 5. The Bertz CT molecular complexity index is 1170. The highest BCUT2D eigenvalue weighted by molar-refractivity contribution is 5.84. The number of anilines is 1. The Morgan fingerprint density at radius 3 is 2.85 bits per heavy atom. The largest absolute Gasteiger partial charge is 0.340 e. The number of piperazine rings is 1. The van der Waals surface area contributed by atoms with Gasteiger partial charge >= 0.3 is 0 Å². The first kappa shape index (κ1) is 16.0. The number of benzene rings is 1. The van der Waals surface area contributed by atoms with Crippen molar-refractivity contribution in [1.29, 1.82) is 0 Å². The second-order valence-electron chi connectivity index (χ2n) is 6.64. The van der Waals surface area contributed by atoms with Gasteiger partial charge in [0.05, 0.1) is 18.4 Å². The third kappa shape index (κ3) is 2.83. The minimum atomic E-state index is -0.184. The van der Waals surface area contributed by atoms with Crippen molar-refractivity contribution in [2.24, 2.45) is 0 Å². The number of fused-ring (bicyclic) bond motifs is 2. The van der Waals surface area contributed by atoms with Crippen LogP contribution >= 0.6 is 0 Å². The SMILES string of the molecule is O=c1c2[nH]c(N3CCNCC3)nc2cnn1Cc1nccc2ccccc12. The number of H-pyrrole nitrogens is 1. The fraction of sp³-hybridized carbons (Fsp3) is 0.263. The van der Waals surface area contributed by atoms with E-state index < -0.39 is 0 Å². The Labute approximate surface area is 154 Å². The number of aromatic amines is 1. The zero-order valence-electron chi connectivity index (χ0n) is 14.7. The van der Waals surface area contributed by atoms with E-state index in [0.717, 1.165) is 48.6 Å². The van der Waals surface area contributed by atoms with Crippen LogP contribution in [0.3, 0.4) is 0 Å². The van der Waals surface area contributed by atoms with Crippen LogP contribution in [0, 0.1) is 0 Å². The highest BCUT2D eigenvalue weighted by Crippen LogP contribution is 2.18. The first-order valence-corrected chi connectivity index (χ1v) is 9.04. The number of hydrogen-bond acceptors (Lipinski definition) is 6. The van der Waals surface area contributed by atoms with Crippen LogP contribution in [0.15, 0.2) is 47.5 Å². The van der Waals surface area contributed by atoms with Gasteiger partial charge in [0.15, 0.2) is 0 Å². The van der Waals surface area contributed by atoms with Gasteiger partial charge in [-0.05, 0) is 11.5 Å². The molecule has 27 heavy (non-hydrogen) atoms. The summed E-state index contributed by atoms with van der Waals surface area (Å²) in [7, 11) is 0. The number of aromatic nitrogens is 5. The van der Waals surface area contributed by atoms with E-state index in [4.69, 9.17) is 0 Å². The van der Waals surface area contributed by atoms with Crippen LogP contribution in [-0.2, 0) is 6.54 Å². The van der Waals surface area contributed by atoms with Crippen molar-refractivity contribution < 1.29 is 0 Å². The van der Waals surface area contributed by atoms with Crippen molar-refractivity contribution in [2.75, 3.05) is 31.1 Å². The Balaban J connectivity index is 1.54. The topological polar surface area (TPSA) is 91.7 Å². The van der Waals surface area contributed by atoms with Gasteiger partial charge in [0.25, 0.3) is 5.56 Å². The molecule has 0 unspecified atom stereocenters. The standard InChI is InChI=1S/C19H19N7O/c27-18-17-15(23-19(24-17)25-9-7-20-8-10-25)11-22-26(18)12-16-14-4-2-1-3-13(14)5-6-21-16/h1-6,11,20H,7-10,12H2,(H,23,24). The lowest BCUT2D eigenvalue weighted by Crippen LogP contribution is -2.44. The minimum absolute atomic E-state index is 0.184. The minimum Gasteiger partial charge on any atom is -0.340 e. The quantitative estimate of drug-likeness (QED) is 0.568. The molecule has 1 aliphatic rings. The normalized spacial score (nSPS) is 14.9. The van der Waals surface area contributed by atoms with Crippen LogP contribution in [0.5, 0.6) is 0 Å². The maximum Gasteiger partial charge on any atom is 0.293 e. The van der Waals surface area contributed by atoms with Gasteiger partial charge in [0.2, 0.25) is 5.95 Å². The van der Waals surface area contributed by atoms with Crippen LogP contribution < -0.4 is 15.8 Å². The summed E-state index contributed by atoms with van der Waals surface area (Å²) < 4.78 is 1.44. The number of imidazole rings is 1. The van der Waals surface area contributed by atoms with Crippen molar-refractivity contribution >= 4 is 27.8 Å². The molecular formula is C19H19N7O. The Kier molecular flexibility index (Phi) is 3.83. The third-order valence-electron chi connectivity index (χ3n) is 4.96. The smallest absolute Gasteiger partial charge is 0.293 e. The molecule has 0 atom stereocenters. The fourth-order valence-corrected chi connectivity index (χ4v) is 3.53. The summed E-state index contributed by atoms with van der Waals surface area (Å²) in [5, 5.41) is 9.75. The molecule has 0 amide bonds. The van der Waals surface area contributed by atoms with Crippen LogP contribution in [0.2, 0.25) is 0 Å². The van der Waals surface area contributed by atoms with E-state index in [2.05, 4.69) is 30.3 Å². The summed E-state index contributed by atoms with van der Waals surface area (Å²) in [5.41, 5.74) is 1.72. The highest BCUT2D eigenvalue weighted by Gasteiger charge is 2.17. The number of nitrogens with one attached hydrogen (secondary N) is 2. The van der Waals surface area contributed by atoms with E-state index in [1.54, 1.807) is 12.4 Å². The molecule has 0 saturated carbocycles. The molecular weight excluding hydrogens is 342 g/mol. The Morgan fingerprint density at radius 2 is 1.96 bits per heavy atom. The highest BCUT2D eigenvalue weighted by atomic mass is 16.1. The fourth-order valence-electron chi connectivity index (χ4n) is 3.53. The zero-order valence-corrected chi connectivity index (χ0v) is 14.7. The van der Waals surface area contributed by atoms with Gasteiger partial charge in [-0.25, -0.2) is 9.67 Å². The van der Waals surface area contributed by atoms with Crippen molar-refractivity contribution in [3.05, 3.63) is 58.8 Å². The van der Waals surface area contributed by atoms with E-state index in [1.165, 1.54) is 4.68 Å². The predicted molar refractivity (Wildman–Crippen MR) is 104 cm³/mol. The van der Waals surface area contributed by atoms with E-state index in [0.29, 0.717) is 17.6 Å². The molecule has 2 N–H and O–H groups in total. The number of rotatable bonds is 3. The molecule has 136 valence electrons. The predicted octanol–water partition coefficient (Wildman–Crippen LogP) is 1.13. The molecule has 8 nitrogen and oxygen atoms in total. The average Bonchev–Trinajstić information content (AvgIpc) is 3.16. The van der Waals surface area contributed by atoms with Crippen LogP contribution in [0.1, 0.15) is 5.69 Å². The molecule has 0 radical (unpaired) electrons. The molecule has 0 aliphatic carbocycles. The average molecular weight is 361 g/mol. The molecule has 4 heterocycles. The summed E-state index contributed by atoms with van der Waals surface area (Å²) in [4.78, 5) is 27.3. The summed E-state index contributed by atoms with van der Waals surface area (Å²) in [6.07, 6.45) is 3.41. The summed E-state index contributed by atoms with van der Waals surface area (Å²) in [6, 6.07) is 9.98. The lowest BCUT2D eigenvalue weighted by Gasteiger charge is -2.26. The summed E-state index contributed by atoms with van der Waals surface area (Å²) >= 11 is 0. The van der Waals surface area contributed by atoms with Gasteiger partial charge in [0, 0.05) is 37.8 Å². The molecule has 1 aliphatic heterocycles. The molecule has 3 aromatic heterocycles. The Hall–Kier alpha value is -3.26. The van der Waals surface area contributed by atoms with Crippen LogP contribution in [0.4, 0.5) is 5.95 Å². The van der Waals surface area contributed by atoms with Crippen LogP contribution in [0.25, 0.3) is 21.8 Å².